The topological polar surface area (TPSA) is 63.3 Å². The van der Waals surface area contributed by atoms with E-state index < -0.39 is 0 Å². The monoisotopic (exact) mass is 165 g/mol. The van der Waals surface area contributed by atoms with Crippen molar-refractivity contribution < 1.29 is 9.90 Å². The van der Waals surface area contributed by atoms with Crippen molar-refractivity contribution in [3.63, 3.8) is 0 Å². The van der Waals surface area contributed by atoms with Crippen molar-refractivity contribution in [2.75, 3.05) is 5.73 Å². The van der Waals surface area contributed by atoms with E-state index in [1.54, 1.807) is 12.1 Å². The number of hydrogen-bond donors (Lipinski definition) is 2. The molecule has 0 fully saturated rings. The lowest BCUT2D eigenvalue weighted by Crippen LogP contribution is -1.90. The number of anilines is 1. The molecule has 0 heterocycles. The molecule has 0 aliphatic carbocycles. The van der Waals surface area contributed by atoms with Crippen LogP contribution in [0.4, 0.5) is 5.69 Å². The number of benzene rings is 1. The molecule has 0 aliphatic rings. The maximum Gasteiger partial charge on any atom is 0.120 e. The smallest absolute Gasteiger partial charge is 0.120 e. The first kappa shape index (κ1) is 8.59. The largest absolute Gasteiger partial charge is 0.508 e. The number of hydrogen-bond acceptors (Lipinski definition) is 3. The Bertz CT molecular complexity index is 264. The highest BCUT2D eigenvalue weighted by atomic mass is 16.3. The van der Waals surface area contributed by atoms with Crippen LogP contribution in [-0.4, -0.2) is 11.4 Å². The Morgan fingerprint density at radius 3 is 2.75 bits per heavy atom. The lowest BCUT2D eigenvalue weighted by atomic mass is 10.1. The number of aryl methyl sites for hydroxylation is 1. The summed E-state index contributed by atoms with van der Waals surface area (Å²) in [5.41, 5.74) is 6.90. The molecule has 0 saturated carbocycles. The second kappa shape index (κ2) is 3.76. The summed E-state index contributed by atoms with van der Waals surface area (Å²) in [6.45, 7) is 0. The number of phenols is 1. The Hall–Kier alpha value is -1.51. The summed E-state index contributed by atoms with van der Waals surface area (Å²) in [7, 11) is 0. The van der Waals surface area contributed by atoms with E-state index in [-0.39, 0.29) is 5.75 Å². The van der Waals surface area contributed by atoms with Gasteiger partial charge in [-0.1, -0.05) is 0 Å². The summed E-state index contributed by atoms with van der Waals surface area (Å²) in [4.78, 5) is 10.1. The maximum atomic E-state index is 10.1. The van der Waals surface area contributed by atoms with Crippen molar-refractivity contribution in [2.45, 2.75) is 12.8 Å². The second-order valence-corrected chi connectivity index (χ2v) is 2.64. The molecule has 0 saturated heterocycles. The minimum Gasteiger partial charge on any atom is -0.508 e. The number of phenolic OH excluding ortho intramolecular Hbond substituents is 1. The van der Waals surface area contributed by atoms with Gasteiger partial charge in [0.2, 0.25) is 0 Å². The van der Waals surface area contributed by atoms with Crippen molar-refractivity contribution in [3.8, 4) is 5.75 Å². The molecule has 0 atom stereocenters. The van der Waals surface area contributed by atoms with Crippen LogP contribution in [0.5, 0.6) is 5.75 Å². The van der Waals surface area contributed by atoms with E-state index in [1.165, 1.54) is 6.07 Å². The molecule has 1 aromatic carbocycles. The van der Waals surface area contributed by atoms with Gasteiger partial charge in [0, 0.05) is 18.2 Å². The second-order valence-electron chi connectivity index (χ2n) is 2.64. The molecule has 0 aromatic heterocycles. The molecule has 0 spiro atoms. The number of nitrogens with two attached hydrogens (primary N) is 1. The molecule has 0 aliphatic heterocycles. The van der Waals surface area contributed by atoms with Crippen LogP contribution >= 0.6 is 0 Å². The van der Waals surface area contributed by atoms with E-state index in [0.29, 0.717) is 18.5 Å². The zero-order valence-electron chi connectivity index (χ0n) is 6.66. The van der Waals surface area contributed by atoms with Gasteiger partial charge in [-0.05, 0) is 24.1 Å². The first-order chi connectivity index (χ1) is 5.72. The molecule has 1 aromatic rings. The predicted molar refractivity (Wildman–Crippen MR) is 46.9 cm³/mol. The van der Waals surface area contributed by atoms with Crippen LogP contribution < -0.4 is 5.73 Å². The zero-order chi connectivity index (χ0) is 8.97. The Morgan fingerprint density at radius 1 is 1.42 bits per heavy atom. The SMILES string of the molecule is Nc1cc(O)cc(CCC=O)c1. The van der Waals surface area contributed by atoms with Crippen molar-refractivity contribution in [2.24, 2.45) is 0 Å². The van der Waals surface area contributed by atoms with E-state index in [1.807, 2.05) is 0 Å². The van der Waals surface area contributed by atoms with Crippen molar-refractivity contribution in [1.82, 2.24) is 0 Å². The van der Waals surface area contributed by atoms with Gasteiger partial charge in [0.1, 0.15) is 12.0 Å². The van der Waals surface area contributed by atoms with E-state index in [9.17, 15) is 4.79 Å². The summed E-state index contributed by atoms with van der Waals surface area (Å²) in [6.07, 6.45) is 1.94. The number of carbonyl (C=O) groups excluding carboxylic acids is 1. The Labute approximate surface area is 70.8 Å². The fourth-order valence-corrected chi connectivity index (χ4v) is 1.07. The fraction of sp³-hybridized carbons (Fsp3) is 0.222. The molecule has 3 nitrogen and oxygen atoms in total. The third-order valence-corrected chi connectivity index (χ3v) is 1.55. The van der Waals surface area contributed by atoms with Crippen LogP contribution in [0.1, 0.15) is 12.0 Å². The molecule has 3 heteroatoms. The highest BCUT2D eigenvalue weighted by Crippen LogP contribution is 2.17. The fourth-order valence-electron chi connectivity index (χ4n) is 1.07. The van der Waals surface area contributed by atoms with E-state index in [2.05, 4.69) is 0 Å². The van der Waals surface area contributed by atoms with Crippen LogP contribution in [0.3, 0.4) is 0 Å². The van der Waals surface area contributed by atoms with Gasteiger partial charge in [0.25, 0.3) is 0 Å². The zero-order valence-corrected chi connectivity index (χ0v) is 6.66. The average molecular weight is 165 g/mol. The van der Waals surface area contributed by atoms with Gasteiger partial charge in [-0.15, -0.1) is 0 Å². The van der Waals surface area contributed by atoms with E-state index >= 15 is 0 Å². The van der Waals surface area contributed by atoms with Crippen LogP contribution in [0.15, 0.2) is 18.2 Å². The van der Waals surface area contributed by atoms with Crippen molar-refractivity contribution in [3.05, 3.63) is 23.8 Å². The Morgan fingerprint density at radius 2 is 2.17 bits per heavy atom. The molecule has 12 heavy (non-hydrogen) atoms. The molecule has 0 amide bonds. The first-order valence-electron chi connectivity index (χ1n) is 3.74. The van der Waals surface area contributed by atoms with Crippen molar-refractivity contribution in [1.29, 1.82) is 0 Å². The maximum absolute atomic E-state index is 10.1. The molecular weight excluding hydrogens is 154 g/mol. The summed E-state index contributed by atoms with van der Waals surface area (Å²) >= 11 is 0. The van der Waals surface area contributed by atoms with Crippen LogP contribution in [-0.2, 0) is 11.2 Å². The van der Waals surface area contributed by atoms with Crippen molar-refractivity contribution >= 4 is 12.0 Å². The third-order valence-electron chi connectivity index (χ3n) is 1.55. The van der Waals surface area contributed by atoms with Crippen LogP contribution in [0, 0.1) is 0 Å². The van der Waals surface area contributed by atoms with Gasteiger partial charge in [-0.2, -0.15) is 0 Å². The van der Waals surface area contributed by atoms with Gasteiger partial charge in [-0.25, -0.2) is 0 Å². The number of aromatic hydroxyl groups is 1. The lowest BCUT2D eigenvalue weighted by molar-refractivity contribution is -0.107. The Kier molecular flexibility index (Phi) is 2.69. The summed E-state index contributed by atoms with van der Waals surface area (Å²) in [5, 5.41) is 9.12. The molecule has 0 radical (unpaired) electrons. The third kappa shape index (κ3) is 2.27. The minimum atomic E-state index is 0.149. The van der Waals surface area contributed by atoms with Crippen LogP contribution in [0.25, 0.3) is 0 Å². The number of rotatable bonds is 3. The molecule has 3 N–H and O–H groups in total. The lowest BCUT2D eigenvalue weighted by Gasteiger charge is -2.00. The van der Waals surface area contributed by atoms with E-state index in [4.69, 9.17) is 10.8 Å². The highest BCUT2D eigenvalue weighted by molar-refractivity contribution is 5.52. The van der Waals surface area contributed by atoms with Gasteiger partial charge in [0.05, 0.1) is 0 Å². The minimum absolute atomic E-state index is 0.149. The molecule has 1 rings (SSSR count). The summed E-state index contributed by atoms with van der Waals surface area (Å²) in [5.74, 6) is 0.149. The average Bonchev–Trinajstić information content (AvgIpc) is 1.99. The number of carbonyl (C=O) groups is 1. The van der Waals surface area contributed by atoms with Gasteiger partial charge >= 0.3 is 0 Å². The van der Waals surface area contributed by atoms with Gasteiger partial charge in [-0.3, -0.25) is 0 Å². The predicted octanol–water partition coefficient (Wildman–Crippen LogP) is 1.11. The Balaban J connectivity index is 2.78. The highest BCUT2D eigenvalue weighted by Gasteiger charge is 1.96. The molecule has 0 unspecified atom stereocenters. The summed E-state index contributed by atoms with van der Waals surface area (Å²) in [6, 6.07) is 4.84. The first-order valence-corrected chi connectivity index (χ1v) is 3.74. The van der Waals surface area contributed by atoms with E-state index in [0.717, 1.165) is 11.8 Å². The molecular formula is C9H11NO2. The molecule has 0 bridgehead atoms. The van der Waals surface area contributed by atoms with Crippen LogP contribution in [0.2, 0.25) is 0 Å². The summed E-state index contributed by atoms with van der Waals surface area (Å²) < 4.78 is 0. The number of aldehydes is 1. The molecule has 64 valence electrons. The number of nitrogen functional groups attached to an aromatic ring is 1. The van der Waals surface area contributed by atoms with Gasteiger partial charge < -0.3 is 15.6 Å². The van der Waals surface area contributed by atoms with Gasteiger partial charge in [0.15, 0.2) is 0 Å². The quantitative estimate of drug-likeness (QED) is 0.520. The standard InChI is InChI=1S/C9H11NO2/c10-8-4-7(2-1-3-11)5-9(12)6-8/h3-6,12H,1-2,10H2. The normalized spacial score (nSPS) is 9.67.